The van der Waals surface area contributed by atoms with Gasteiger partial charge >= 0.3 is 12.4 Å². The van der Waals surface area contributed by atoms with Gasteiger partial charge in [0, 0.05) is 54.4 Å². The van der Waals surface area contributed by atoms with E-state index in [9.17, 15) is 35.9 Å². The maximum atomic E-state index is 13.4. The van der Waals surface area contributed by atoms with Crippen molar-refractivity contribution in [2.45, 2.75) is 44.6 Å². The minimum atomic E-state index is -5.10. The first kappa shape index (κ1) is 31.9. The van der Waals surface area contributed by atoms with Crippen molar-refractivity contribution in [1.82, 2.24) is 15.2 Å². The highest BCUT2D eigenvalue weighted by Gasteiger charge is 2.38. The molecule has 0 radical (unpaired) electrons. The number of amides is 2. The van der Waals surface area contributed by atoms with E-state index in [1.807, 2.05) is 12.1 Å². The third kappa shape index (κ3) is 9.21. The Balaban J connectivity index is 1.84. The first-order valence-electron chi connectivity index (χ1n) is 12.6. The minimum absolute atomic E-state index is 0.0284. The van der Waals surface area contributed by atoms with Crippen molar-refractivity contribution in [2.75, 3.05) is 13.6 Å². The second-order valence-electron chi connectivity index (χ2n) is 9.69. The van der Waals surface area contributed by atoms with Crippen molar-refractivity contribution in [3.63, 3.8) is 0 Å². The molecule has 0 aliphatic heterocycles. The molecule has 1 aromatic heterocycles. The highest BCUT2D eigenvalue weighted by atomic mass is 35.5. The lowest BCUT2D eigenvalue weighted by Gasteiger charge is -2.31. The summed E-state index contributed by atoms with van der Waals surface area (Å²) in [7, 11) is 1.29. The normalized spacial score (nSPS) is 13.4. The zero-order chi connectivity index (χ0) is 30.4. The quantitative estimate of drug-likeness (QED) is 0.260. The van der Waals surface area contributed by atoms with Gasteiger partial charge in [-0.15, -0.1) is 0 Å². The predicted octanol–water partition coefficient (Wildman–Crippen LogP) is 6.84. The lowest BCUT2D eigenvalue weighted by atomic mass is 9.93. The van der Waals surface area contributed by atoms with E-state index in [0.717, 1.165) is 10.6 Å². The van der Waals surface area contributed by atoms with Crippen LogP contribution in [0.5, 0.6) is 0 Å². The molecule has 2 unspecified atom stereocenters. The molecule has 0 aliphatic carbocycles. The monoisotopic (exact) mass is 599 g/mol. The van der Waals surface area contributed by atoms with Gasteiger partial charge in [-0.2, -0.15) is 26.3 Å². The van der Waals surface area contributed by atoms with Crippen molar-refractivity contribution < 1.29 is 35.9 Å². The number of aromatic nitrogens is 1. The second kappa shape index (κ2) is 13.4. The Morgan fingerprint density at radius 2 is 1.56 bits per heavy atom. The van der Waals surface area contributed by atoms with Gasteiger partial charge in [0.05, 0.1) is 11.1 Å². The Hall–Kier alpha value is -3.60. The van der Waals surface area contributed by atoms with E-state index in [1.54, 1.807) is 43.5 Å². The topological polar surface area (TPSA) is 62.3 Å². The third-order valence-corrected chi connectivity index (χ3v) is 6.82. The molecule has 0 saturated carbocycles. The Morgan fingerprint density at radius 1 is 0.951 bits per heavy atom. The van der Waals surface area contributed by atoms with E-state index >= 15 is 0 Å². The van der Waals surface area contributed by atoms with E-state index < -0.39 is 46.9 Å². The van der Waals surface area contributed by atoms with Crippen LogP contribution >= 0.6 is 11.6 Å². The zero-order valence-corrected chi connectivity index (χ0v) is 22.9. The Labute approximate surface area is 238 Å². The summed E-state index contributed by atoms with van der Waals surface area (Å²) in [5.74, 6) is -2.00. The van der Waals surface area contributed by atoms with Crippen LogP contribution in [0.1, 0.15) is 46.1 Å². The maximum Gasteiger partial charge on any atom is 0.416 e. The number of benzene rings is 2. The molecule has 41 heavy (non-hydrogen) atoms. The van der Waals surface area contributed by atoms with Crippen molar-refractivity contribution in [2.24, 2.45) is 5.92 Å². The minimum Gasteiger partial charge on any atom is -0.355 e. The average molecular weight is 600 g/mol. The molecule has 2 amide bonds. The lowest BCUT2D eigenvalue weighted by Crippen LogP contribution is -2.42. The molecule has 12 heteroatoms. The predicted molar refractivity (Wildman–Crippen MR) is 142 cm³/mol. The van der Waals surface area contributed by atoms with Gasteiger partial charge in [-0.25, -0.2) is 0 Å². The fourth-order valence-electron chi connectivity index (χ4n) is 4.27. The summed E-state index contributed by atoms with van der Waals surface area (Å²) < 4.78 is 80.4. The summed E-state index contributed by atoms with van der Waals surface area (Å²) in [6, 6.07) is 12.1. The van der Waals surface area contributed by atoms with E-state index in [2.05, 4.69) is 10.3 Å². The molecule has 3 rings (SSSR count). The van der Waals surface area contributed by atoms with Crippen LogP contribution in [0.3, 0.4) is 0 Å². The van der Waals surface area contributed by atoms with Gasteiger partial charge < -0.3 is 10.2 Å². The molecule has 0 bridgehead atoms. The fourth-order valence-corrected chi connectivity index (χ4v) is 4.39. The van der Waals surface area contributed by atoms with Gasteiger partial charge in [0.2, 0.25) is 5.91 Å². The number of carbonyl (C=O) groups excluding carboxylic acids is 2. The van der Waals surface area contributed by atoms with Gasteiger partial charge in [0.25, 0.3) is 5.91 Å². The SMILES string of the molecule is CC(CC(Cc1ccc(Cl)cc1)N(C)C(=O)c1cc(C(F)(F)F)cc(C(F)(F)F)c1)C(=O)NCCc1ccccn1. The van der Waals surface area contributed by atoms with E-state index in [1.165, 1.54) is 7.05 Å². The molecule has 2 aromatic carbocycles. The van der Waals surface area contributed by atoms with Gasteiger partial charge in [0.1, 0.15) is 0 Å². The molecule has 0 fully saturated rings. The molecular formula is C29H28ClF6N3O2. The van der Waals surface area contributed by atoms with Crippen LogP contribution in [0, 0.1) is 5.92 Å². The highest BCUT2D eigenvalue weighted by Crippen LogP contribution is 2.36. The fraction of sp³-hybridized carbons (Fsp3) is 0.345. The molecule has 220 valence electrons. The smallest absolute Gasteiger partial charge is 0.355 e. The number of likely N-dealkylation sites (N-methyl/N-ethyl adjacent to an activating group) is 1. The number of hydrogen-bond acceptors (Lipinski definition) is 3. The van der Waals surface area contributed by atoms with Crippen molar-refractivity contribution in [3.05, 3.63) is 99.8 Å². The van der Waals surface area contributed by atoms with Crippen molar-refractivity contribution in [3.8, 4) is 0 Å². The Kier molecular flexibility index (Phi) is 10.4. The first-order valence-corrected chi connectivity index (χ1v) is 13.0. The van der Waals surface area contributed by atoms with Crippen molar-refractivity contribution >= 4 is 23.4 Å². The Morgan fingerprint density at radius 3 is 2.10 bits per heavy atom. The number of nitrogens with one attached hydrogen (secondary N) is 1. The number of hydrogen-bond donors (Lipinski definition) is 1. The zero-order valence-electron chi connectivity index (χ0n) is 22.2. The largest absolute Gasteiger partial charge is 0.416 e. The van der Waals surface area contributed by atoms with Crippen LogP contribution in [0.2, 0.25) is 5.02 Å². The molecule has 2 atom stereocenters. The Bertz CT molecular complexity index is 1300. The van der Waals surface area contributed by atoms with Gasteiger partial charge in [0.15, 0.2) is 0 Å². The van der Waals surface area contributed by atoms with Crippen LogP contribution in [-0.2, 0) is 30.0 Å². The first-order chi connectivity index (χ1) is 19.1. The summed E-state index contributed by atoms with van der Waals surface area (Å²) in [6.07, 6.45) is -7.81. The molecule has 1 heterocycles. The maximum absolute atomic E-state index is 13.4. The summed E-state index contributed by atoms with van der Waals surface area (Å²) >= 11 is 5.96. The standard InChI is InChI=1S/C29H28ClF6N3O2/c1-18(26(40)38-12-10-24-5-3-4-11-37-24)13-25(14-19-6-8-23(30)9-7-19)39(2)27(41)20-15-21(28(31,32)33)17-22(16-20)29(34,35)36/h3-9,11,15-18,25H,10,12-14H2,1-2H3,(H,38,40). The number of alkyl halides is 6. The molecule has 1 N–H and O–H groups in total. The van der Waals surface area contributed by atoms with E-state index in [-0.39, 0.29) is 24.8 Å². The van der Waals surface area contributed by atoms with Crippen LogP contribution in [-0.4, -0.2) is 41.3 Å². The summed E-state index contributed by atoms with van der Waals surface area (Å²) in [4.78, 5) is 31.4. The van der Waals surface area contributed by atoms with E-state index in [0.29, 0.717) is 35.7 Å². The molecule has 0 aliphatic rings. The number of pyridine rings is 1. The third-order valence-electron chi connectivity index (χ3n) is 6.57. The van der Waals surface area contributed by atoms with Crippen LogP contribution in [0.15, 0.2) is 66.9 Å². The van der Waals surface area contributed by atoms with Crippen LogP contribution in [0.25, 0.3) is 0 Å². The van der Waals surface area contributed by atoms with Gasteiger partial charge in [-0.1, -0.05) is 36.7 Å². The summed E-state index contributed by atoms with van der Waals surface area (Å²) in [5.41, 5.74) is -2.44. The van der Waals surface area contributed by atoms with E-state index in [4.69, 9.17) is 11.6 Å². The molecule has 0 spiro atoms. The summed E-state index contributed by atoms with van der Waals surface area (Å²) in [6.45, 7) is 1.94. The summed E-state index contributed by atoms with van der Waals surface area (Å²) in [5, 5.41) is 3.26. The van der Waals surface area contributed by atoms with Gasteiger partial charge in [-0.3, -0.25) is 14.6 Å². The van der Waals surface area contributed by atoms with Crippen LogP contribution < -0.4 is 5.32 Å². The highest BCUT2D eigenvalue weighted by molar-refractivity contribution is 6.30. The number of halogens is 7. The van der Waals surface area contributed by atoms with Crippen molar-refractivity contribution in [1.29, 1.82) is 0 Å². The molecule has 5 nitrogen and oxygen atoms in total. The lowest BCUT2D eigenvalue weighted by molar-refractivity contribution is -0.143. The van der Waals surface area contributed by atoms with Gasteiger partial charge in [-0.05, 0) is 60.9 Å². The number of nitrogens with zero attached hydrogens (tertiary/aromatic N) is 2. The number of carbonyl (C=O) groups is 2. The second-order valence-corrected chi connectivity index (χ2v) is 10.1. The molecular weight excluding hydrogens is 572 g/mol. The molecule has 3 aromatic rings. The average Bonchev–Trinajstić information content (AvgIpc) is 2.92. The van der Waals surface area contributed by atoms with Crippen LogP contribution in [0.4, 0.5) is 26.3 Å². The molecule has 0 saturated heterocycles. The number of rotatable bonds is 10.